The molecule has 0 bridgehead atoms. The lowest BCUT2D eigenvalue weighted by Crippen LogP contribution is -2.36. The summed E-state index contributed by atoms with van der Waals surface area (Å²) in [7, 11) is 1.89. The van der Waals surface area contributed by atoms with Gasteiger partial charge in [-0.3, -0.25) is 9.48 Å². The SMILES string of the molecule is Cc1nc(N2CCOCC2)ccc1NC(=O)c1cc2c(C)nn(C)c2s1. The Morgan fingerprint density at radius 2 is 2.00 bits per heavy atom. The van der Waals surface area contributed by atoms with Crippen LogP contribution in [0.25, 0.3) is 10.2 Å². The van der Waals surface area contributed by atoms with Gasteiger partial charge in [-0.05, 0) is 32.0 Å². The fourth-order valence-electron chi connectivity index (χ4n) is 3.15. The van der Waals surface area contributed by atoms with Gasteiger partial charge >= 0.3 is 0 Å². The highest BCUT2D eigenvalue weighted by molar-refractivity contribution is 7.20. The summed E-state index contributed by atoms with van der Waals surface area (Å²) < 4.78 is 7.20. The van der Waals surface area contributed by atoms with E-state index in [1.165, 1.54) is 11.3 Å². The van der Waals surface area contributed by atoms with Gasteiger partial charge in [0.15, 0.2) is 0 Å². The minimum absolute atomic E-state index is 0.116. The second kappa shape index (κ2) is 6.69. The van der Waals surface area contributed by atoms with E-state index >= 15 is 0 Å². The Labute approximate surface area is 155 Å². The molecule has 0 atom stereocenters. The van der Waals surface area contributed by atoms with Crippen LogP contribution in [0.4, 0.5) is 11.5 Å². The van der Waals surface area contributed by atoms with Crippen molar-refractivity contribution in [3.05, 3.63) is 34.5 Å². The third kappa shape index (κ3) is 3.06. The van der Waals surface area contributed by atoms with Crippen LogP contribution in [0.1, 0.15) is 21.1 Å². The maximum atomic E-state index is 12.7. The molecule has 3 aromatic rings. The fraction of sp³-hybridized carbons (Fsp3) is 0.389. The Morgan fingerprint density at radius 1 is 1.23 bits per heavy atom. The Bertz CT molecular complexity index is 937. The lowest BCUT2D eigenvalue weighted by molar-refractivity contribution is 0.103. The highest BCUT2D eigenvalue weighted by Crippen LogP contribution is 2.28. The number of nitrogens with zero attached hydrogens (tertiary/aromatic N) is 4. The van der Waals surface area contributed by atoms with E-state index in [2.05, 4.69) is 20.3 Å². The maximum absolute atomic E-state index is 12.7. The van der Waals surface area contributed by atoms with E-state index in [1.54, 1.807) is 0 Å². The van der Waals surface area contributed by atoms with Gasteiger partial charge in [-0.2, -0.15) is 5.10 Å². The van der Waals surface area contributed by atoms with Gasteiger partial charge in [0.05, 0.1) is 35.2 Å². The van der Waals surface area contributed by atoms with E-state index in [1.807, 2.05) is 43.8 Å². The van der Waals surface area contributed by atoms with Crippen molar-refractivity contribution in [2.45, 2.75) is 13.8 Å². The van der Waals surface area contributed by atoms with Crippen molar-refractivity contribution >= 4 is 39.0 Å². The molecule has 26 heavy (non-hydrogen) atoms. The molecule has 0 spiro atoms. The third-order valence-electron chi connectivity index (χ3n) is 4.57. The van der Waals surface area contributed by atoms with Gasteiger partial charge < -0.3 is 15.0 Å². The van der Waals surface area contributed by atoms with Gasteiger partial charge in [-0.15, -0.1) is 11.3 Å². The molecule has 0 aliphatic carbocycles. The van der Waals surface area contributed by atoms with E-state index in [0.717, 1.165) is 59.4 Å². The number of thiophene rings is 1. The van der Waals surface area contributed by atoms with E-state index in [4.69, 9.17) is 4.74 Å². The first-order valence-electron chi connectivity index (χ1n) is 8.58. The second-order valence-electron chi connectivity index (χ2n) is 6.39. The van der Waals surface area contributed by atoms with E-state index in [-0.39, 0.29) is 5.91 Å². The van der Waals surface area contributed by atoms with Crippen LogP contribution in [0.3, 0.4) is 0 Å². The largest absolute Gasteiger partial charge is 0.378 e. The summed E-state index contributed by atoms with van der Waals surface area (Å²) in [6, 6.07) is 5.78. The zero-order chi connectivity index (χ0) is 18.3. The predicted octanol–water partition coefficient (Wildman–Crippen LogP) is 2.74. The van der Waals surface area contributed by atoms with Crippen LogP contribution in [0.15, 0.2) is 18.2 Å². The first kappa shape index (κ1) is 17.0. The van der Waals surface area contributed by atoms with E-state index in [0.29, 0.717) is 4.88 Å². The van der Waals surface area contributed by atoms with Crippen molar-refractivity contribution in [2.75, 3.05) is 36.5 Å². The molecular formula is C18H21N5O2S. The van der Waals surface area contributed by atoms with E-state index in [9.17, 15) is 4.79 Å². The van der Waals surface area contributed by atoms with Crippen molar-refractivity contribution < 1.29 is 9.53 Å². The minimum Gasteiger partial charge on any atom is -0.378 e. The quantitative estimate of drug-likeness (QED) is 0.766. The fourth-order valence-corrected chi connectivity index (χ4v) is 4.17. The molecule has 1 fully saturated rings. The molecule has 0 saturated carbocycles. The Hall–Kier alpha value is -2.45. The number of rotatable bonds is 3. The molecule has 4 rings (SSSR count). The molecule has 136 valence electrons. The number of ether oxygens (including phenoxy) is 1. The molecule has 3 aromatic heterocycles. The number of pyridine rings is 1. The van der Waals surface area contributed by atoms with Gasteiger partial charge in [0, 0.05) is 25.5 Å². The van der Waals surface area contributed by atoms with Crippen molar-refractivity contribution in [3.63, 3.8) is 0 Å². The van der Waals surface area contributed by atoms with Crippen LogP contribution in [-0.2, 0) is 11.8 Å². The number of amides is 1. The molecule has 8 heteroatoms. The average molecular weight is 371 g/mol. The molecule has 1 aliphatic rings. The second-order valence-corrected chi connectivity index (χ2v) is 7.43. The Kier molecular flexibility index (Phi) is 4.37. The zero-order valence-electron chi connectivity index (χ0n) is 15.1. The first-order valence-corrected chi connectivity index (χ1v) is 9.39. The number of carbonyl (C=O) groups excluding carboxylic acids is 1. The lowest BCUT2D eigenvalue weighted by Gasteiger charge is -2.28. The molecule has 4 heterocycles. The summed E-state index contributed by atoms with van der Waals surface area (Å²) >= 11 is 1.45. The van der Waals surface area contributed by atoms with Gasteiger partial charge in [0.1, 0.15) is 10.6 Å². The number of aryl methyl sites for hydroxylation is 3. The van der Waals surface area contributed by atoms with Crippen molar-refractivity contribution in [3.8, 4) is 0 Å². The zero-order valence-corrected chi connectivity index (χ0v) is 15.9. The maximum Gasteiger partial charge on any atom is 0.265 e. The molecule has 1 aliphatic heterocycles. The highest BCUT2D eigenvalue weighted by atomic mass is 32.1. The standard InChI is InChI=1S/C18H21N5O2S/c1-11-13-10-15(26-18(13)22(3)21-11)17(24)20-14-4-5-16(19-12(14)2)23-6-8-25-9-7-23/h4-5,10H,6-9H2,1-3H3,(H,20,24). The summed E-state index contributed by atoms with van der Waals surface area (Å²) in [6.45, 7) is 6.99. The number of fused-ring (bicyclic) bond motifs is 1. The predicted molar refractivity (Wildman–Crippen MR) is 103 cm³/mol. The normalized spacial score (nSPS) is 14.8. The number of morpholine rings is 1. The van der Waals surface area contributed by atoms with Crippen LogP contribution in [0.2, 0.25) is 0 Å². The average Bonchev–Trinajstić information content (AvgIpc) is 3.19. The summed E-state index contributed by atoms with van der Waals surface area (Å²) in [6.07, 6.45) is 0. The summed E-state index contributed by atoms with van der Waals surface area (Å²) in [5.74, 6) is 0.807. The number of nitrogens with one attached hydrogen (secondary N) is 1. The molecule has 0 unspecified atom stereocenters. The number of hydrogen-bond donors (Lipinski definition) is 1. The minimum atomic E-state index is -0.116. The number of aromatic nitrogens is 3. The summed E-state index contributed by atoms with van der Waals surface area (Å²) in [4.78, 5) is 21.2. The third-order valence-corrected chi connectivity index (χ3v) is 5.78. The van der Waals surface area contributed by atoms with Crippen LogP contribution in [-0.4, -0.2) is 47.0 Å². The molecule has 1 amide bonds. The lowest BCUT2D eigenvalue weighted by atomic mass is 10.2. The monoisotopic (exact) mass is 371 g/mol. The summed E-state index contributed by atoms with van der Waals surface area (Å²) in [5.41, 5.74) is 2.48. The Balaban J connectivity index is 1.53. The first-order chi connectivity index (χ1) is 12.5. The topological polar surface area (TPSA) is 72.3 Å². The molecular weight excluding hydrogens is 350 g/mol. The summed E-state index contributed by atoms with van der Waals surface area (Å²) in [5, 5.41) is 8.39. The molecule has 1 N–H and O–H groups in total. The number of carbonyl (C=O) groups is 1. The van der Waals surface area contributed by atoms with Gasteiger partial charge in [-0.1, -0.05) is 0 Å². The van der Waals surface area contributed by atoms with Gasteiger partial charge in [0.25, 0.3) is 5.91 Å². The molecule has 7 nitrogen and oxygen atoms in total. The number of anilines is 2. The molecule has 0 radical (unpaired) electrons. The van der Waals surface area contributed by atoms with Crippen molar-refractivity contribution in [1.29, 1.82) is 0 Å². The van der Waals surface area contributed by atoms with Crippen LogP contribution < -0.4 is 10.2 Å². The highest BCUT2D eigenvalue weighted by Gasteiger charge is 2.17. The van der Waals surface area contributed by atoms with Crippen LogP contribution >= 0.6 is 11.3 Å². The number of hydrogen-bond acceptors (Lipinski definition) is 6. The molecule has 0 aromatic carbocycles. The van der Waals surface area contributed by atoms with Crippen LogP contribution in [0.5, 0.6) is 0 Å². The van der Waals surface area contributed by atoms with Crippen molar-refractivity contribution in [2.24, 2.45) is 7.05 Å². The molecule has 1 saturated heterocycles. The van der Waals surface area contributed by atoms with Gasteiger partial charge in [-0.25, -0.2) is 4.98 Å². The van der Waals surface area contributed by atoms with E-state index < -0.39 is 0 Å². The van der Waals surface area contributed by atoms with Gasteiger partial charge in [0.2, 0.25) is 0 Å². The smallest absolute Gasteiger partial charge is 0.265 e. The Morgan fingerprint density at radius 3 is 2.69 bits per heavy atom. The van der Waals surface area contributed by atoms with Crippen molar-refractivity contribution in [1.82, 2.24) is 14.8 Å². The van der Waals surface area contributed by atoms with Crippen LogP contribution in [0, 0.1) is 13.8 Å².